The second kappa shape index (κ2) is 7.64. The third kappa shape index (κ3) is 3.47. The van der Waals surface area contributed by atoms with Crippen LogP contribution in [0.15, 0.2) is 48.7 Å². The van der Waals surface area contributed by atoms with Crippen LogP contribution in [0, 0.1) is 0 Å². The highest BCUT2D eigenvalue weighted by Crippen LogP contribution is 2.30. The van der Waals surface area contributed by atoms with E-state index in [1.165, 1.54) is 15.3 Å². The number of hydrogen-bond donors (Lipinski definition) is 2. The van der Waals surface area contributed by atoms with Gasteiger partial charge in [-0.1, -0.05) is 18.3 Å². The summed E-state index contributed by atoms with van der Waals surface area (Å²) in [7, 11) is 0. The van der Waals surface area contributed by atoms with E-state index in [1.807, 2.05) is 0 Å². The number of benzene rings is 1. The molecule has 4 rings (SSSR count). The zero-order valence-electron chi connectivity index (χ0n) is 15.4. The molecule has 2 amide bonds. The van der Waals surface area contributed by atoms with E-state index in [9.17, 15) is 9.59 Å². The van der Waals surface area contributed by atoms with Crippen LogP contribution in [-0.4, -0.2) is 48.5 Å². The molecule has 29 heavy (non-hydrogen) atoms. The van der Waals surface area contributed by atoms with E-state index in [2.05, 4.69) is 10.3 Å². The number of nitrogens with zero attached hydrogens (tertiary/aromatic N) is 3. The Morgan fingerprint density at radius 1 is 1.14 bits per heavy atom. The highest BCUT2D eigenvalue weighted by atomic mass is 32.1. The summed E-state index contributed by atoms with van der Waals surface area (Å²) in [6.07, 6.45) is -0.0240. The molecule has 0 spiro atoms. The number of rotatable bonds is 6. The van der Waals surface area contributed by atoms with Gasteiger partial charge in [0, 0.05) is 17.6 Å². The first-order valence-corrected chi connectivity index (χ1v) is 9.44. The Balaban J connectivity index is 1.55. The molecule has 2 aliphatic heterocycles. The fourth-order valence-corrected chi connectivity index (χ4v) is 3.58. The van der Waals surface area contributed by atoms with Gasteiger partial charge in [-0.25, -0.2) is 9.59 Å². The Hall–Kier alpha value is -3.24. The van der Waals surface area contributed by atoms with E-state index in [4.69, 9.17) is 27.4 Å². The van der Waals surface area contributed by atoms with Gasteiger partial charge in [0.05, 0.1) is 24.3 Å². The van der Waals surface area contributed by atoms with Crippen molar-refractivity contribution in [1.29, 1.82) is 0 Å². The van der Waals surface area contributed by atoms with Gasteiger partial charge < -0.3 is 20.5 Å². The average molecular weight is 413 g/mol. The van der Waals surface area contributed by atoms with Crippen LogP contribution in [-0.2, 0) is 15.1 Å². The van der Waals surface area contributed by atoms with Crippen LogP contribution in [0.2, 0.25) is 0 Å². The second-order valence-corrected chi connectivity index (χ2v) is 6.85. The highest BCUT2D eigenvalue weighted by molar-refractivity contribution is 7.78. The fourth-order valence-electron chi connectivity index (χ4n) is 3.39. The Morgan fingerprint density at radius 2 is 1.86 bits per heavy atom. The minimum atomic E-state index is -1.27. The van der Waals surface area contributed by atoms with Crippen LogP contribution in [0.1, 0.15) is 5.69 Å². The largest absolute Gasteiger partial charge is 0.447 e. The maximum absolute atomic E-state index is 12.5. The molecule has 3 N–H and O–H groups in total. The molecule has 2 aliphatic rings. The summed E-state index contributed by atoms with van der Waals surface area (Å²) in [5.41, 5.74) is 8.37. The number of nitrogens with one attached hydrogen (secondary N) is 1. The van der Waals surface area contributed by atoms with E-state index in [1.54, 1.807) is 48.7 Å². The van der Waals surface area contributed by atoms with Gasteiger partial charge in [0.2, 0.25) is 0 Å². The number of pyridine rings is 1. The quantitative estimate of drug-likeness (QED) is 0.544. The Morgan fingerprint density at radius 3 is 2.45 bits per heavy atom. The molecule has 0 aliphatic carbocycles. The van der Waals surface area contributed by atoms with Gasteiger partial charge in [-0.3, -0.25) is 14.8 Å². The number of thiocarbonyl (C=S) groups is 1. The zero-order chi connectivity index (χ0) is 20.4. The minimum Gasteiger partial charge on any atom is -0.447 e. The number of cyclic esters (lactones) is 2. The predicted octanol–water partition coefficient (Wildman–Crippen LogP) is 1.72. The maximum Gasteiger partial charge on any atom is 0.414 e. The molecule has 1 aromatic carbocycles. The Kier molecular flexibility index (Phi) is 5.03. The van der Waals surface area contributed by atoms with Crippen molar-refractivity contribution in [2.24, 2.45) is 5.73 Å². The third-order valence-corrected chi connectivity index (χ3v) is 5.06. The lowest BCUT2D eigenvalue weighted by Crippen LogP contribution is -2.60. The van der Waals surface area contributed by atoms with Gasteiger partial charge >= 0.3 is 12.2 Å². The number of carbonyl (C=O) groups excluding carboxylic acids is 2. The summed E-state index contributed by atoms with van der Waals surface area (Å²) in [6, 6.07) is 12.3. The van der Waals surface area contributed by atoms with Gasteiger partial charge in [0.15, 0.2) is 11.8 Å². The molecule has 2 atom stereocenters. The van der Waals surface area contributed by atoms with E-state index in [0.717, 1.165) is 0 Å². The molecular weight excluding hydrogens is 394 g/mol. The standard InChI is InChI=1S/C19H19N5O4S/c20-19(22-12-29,15-3-1-2-8-21-15)16-11-24(18(26)28-16)14-6-4-13(5-7-14)23-9-10-27-17(23)25/h1-8,12,16H,9-11,20H2,(H,22,29)/t16-,19?/m0/s1. The van der Waals surface area contributed by atoms with Crippen molar-refractivity contribution >= 4 is 41.3 Å². The van der Waals surface area contributed by atoms with Gasteiger partial charge in [0.25, 0.3) is 0 Å². The minimum absolute atomic E-state index is 0.202. The average Bonchev–Trinajstić information content (AvgIpc) is 3.35. The Labute approximate surface area is 172 Å². The summed E-state index contributed by atoms with van der Waals surface area (Å²) in [5, 5.41) is 2.90. The van der Waals surface area contributed by atoms with E-state index in [-0.39, 0.29) is 12.6 Å². The van der Waals surface area contributed by atoms with Gasteiger partial charge in [-0.05, 0) is 36.4 Å². The summed E-state index contributed by atoms with van der Waals surface area (Å²) < 4.78 is 10.5. The van der Waals surface area contributed by atoms with Crippen LogP contribution in [0.25, 0.3) is 0 Å². The van der Waals surface area contributed by atoms with Crippen LogP contribution < -0.4 is 20.9 Å². The molecule has 150 valence electrons. The van der Waals surface area contributed by atoms with E-state index < -0.39 is 17.9 Å². The van der Waals surface area contributed by atoms with Crippen molar-refractivity contribution < 1.29 is 19.1 Å². The van der Waals surface area contributed by atoms with Gasteiger partial charge in [0.1, 0.15) is 6.61 Å². The van der Waals surface area contributed by atoms with Crippen molar-refractivity contribution in [3.05, 3.63) is 54.4 Å². The maximum atomic E-state index is 12.5. The first-order chi connectivity index (χ1) is 14.0. The molecule has 2 fully saturated rings. The molecule has 2 aromatic rings. The number of hydrogen-bond acceptors (Lipinski definition) is 7. The molecule has 0 saturated carbocycles. The van der Waals surface area contributed by atoms with Gasteiger partial charge in [-0.15, -0.1) is 0 Å². The van der Waals surface area contributed by atoms with E-state index in [0.29, 0.717) is 30.2 Å². The first kappa shape index (κ1) is 19.1. The number of carbonyl (C=O) groups is 2. The van der Waals surface area contributed by atoms with Crippen LogP contribution in [0.3, 0.4) is 0 Å². The number of anilines is 2. The molecular formula is C19H19N5O4S. The van der Waals surface area contributed by atoms with Crippen molar-refractivity contribution in [1.82, 2.24) is 10.3 Å². The summed E-state index contributed by atoms with van der Waals surface area (Å²) >= 11 is 4.92. The van der Waals surface area contributed by atoms with Crippen molar-refractivity contribution in [3.8, 4) is 0 Å². The lowest BCUT2D eigenvalue weighted by Gasteiger charge is -2.32. The van der Waals surface area contributed by atoms with Crippen molar-refractivity contribution in [3.63, 3.8) is 0 Å². The highest BCUT2D eigenvalue weighted by Gasteiger charge is 2.47. The van der Waals surface area contributed by atoms with Crippen LogP contribution >= 0.6 is 12.2 Å². The molecule has 0 bridgehead atoms. The lowest BCUT2D eigenvalue weighted by atomic mass is 9.99. The topological polar surface area (TPSA) is 110 Å². The summed E-state index contributed by atoms with van der Waals surface area (Å²) in [4.78, 5) is 31.5. The Bertz CT molecular complexity index is 926. The van der Waals surface area contributed by atoms with Crippen LogP contribution in [0.4, 0.5) is 21.0 Å². The molecule has 1 aromatic heterocycles. The van der Waals surface area contributed by atoms with Crippen molar-refractivity contribution in [2.75, 3.05) is 29.5 Å². The monoisotopic (exact) mass is 413 g/mol. The van der Waals surface area contributed by atoms with E-state index >= 15 is 0 Å². The zero-order valence-corrected chi connectivity index (χ0v) is 16.2. The first-order valence-electron chi connectivity index (χ1n) is 8.97. The summed E-state index contributed by atoms with van der Waals surface area (Å²) in [5.74, 6) is 0. The number of amides is 2. The summed E-state index contributed by atoms with van der Waals surface area (Å²) in [6.45, 7) is 1.06. The predicted molar refractivity (Wildman–Crippen MR) is 110 cm³/mol. The second-order valence-electron chi connectivity index (χ2n) is 6.61. The third-order valence-electron chi connectivity index (χ3n) is 4.94. The molecule has 2 saturated heterocycles. The smallest absolute Gasteiger partial charge is 0.414 e. The number of nitrogens with two attached hydrogens (primary N) is 1. The van der Waals surface area contributed by atoms with Crippen LogP contribution in [0.5, 0.6) is 0 Å². The van der Waals surface area contributed by atoms with Crippen molar-refractivity contribution in [2.45, 2.75) is 11.8 Å². The molecule has 1 unspecified atom stereocenters. The molecule has 3 heterocycles. The fraction of sp³-hybridized carbons (Fsp3) is 0.263. The number of aromatic nitrogens is 1. The number of ether oxygens (including phenoxy) is 2. The lowest BCUT2D eigenvalue weighted by molar-refractivity contribution is 0.0790. The van der Waals surface area contributed by atoms with Gasteiger partial charge in [-0.2, -0.15) is 0 Å². The molecule has 0 radical (unpaired) electrons. The normalized spacial score (nSPS) is 20.8. The molecule has 10 heteroatoms. The SMILES string of the molecule is NC(NC=S)(c1ccccn1)[C@@H]1CN(c2ccc(N3CCOC3=O)cc2)C(=O)O1. The molecule has 9 nitrogen and oxygen atoms in total.